The molecule has 1 aromatic carbocycles. The standard InChI is InChI=1S/C19H24N4O2/c1-20-19(23-10-12-24-17-3-2-8-21-14-17)22-9-6-15-4-5-18-16(13-15)7-11-25-18/h2-5,8,13-14H,6-7,9-12H2,1H3,(H2,20,22,23). The topological polar surface area (TPSA) is 67.8 Å². The molecule has 0 radical (unpaired) electrons. The molecular formula is C19H24N4O2. The lowest BCUT2D eigenvalue weighted by Gasteiger charge is -2.12. The molecule has 0 saturated carbocycles. The van der Waals surface area contributed by atoms with Gasteiger partial charge in [-0.15, -0.1) is 0 Å². The Morgan fingerprint density at radius 2 is 2.20 bits per heavy atom. The third-order valence-corrected chi connectivity index (χ3v) is 3.98. The molecule has 1 aliphatic heterocycles. The van der Waals surface area contributed by atoms with Gasteiger partial charge >= 0.3 is 0 Å². The van der Waals surface area contributed by atoms with Gasteiger partial charge < -0.3 is 20.1 Å². The van der Waals surface area contributed by atoms with E-state index in [0.29, 0.717) is 13.2 Å². The Morgan fingerprint density at radius 1 is 1.28 bits per heavy atom. The number of nitrogens with one attached hydrogen (secondary N) is 2. The maximum Gasteiger partial charge on any atom is 0.191 e. The predicted molar refractivity (Wildman–Crippen MR) is 98.4 cm³/mol. The van der Waals surface area contributed by atoms with Crippen LogP contribution in [-0.4, -0.2) is 44.3 Å². The Labute approximate surface area is 148 Å². The molecule has 1 aromatic heterocycles. The van der Waals surface area contributed by atoms with Crippen LogP contribution < -0.4 is 20.1 Å². The van der Waals surface area contributed by atoms with E-state index in [2.05, 4.69) is 38.8 Å². The third-order valence-electron chi connectivity index (χ3n) is 3.98. The number of aromatic nitrogens is 1. The molecule has 3 rings (SSSR count). The van der Waals surface area contributed by atoms with Crippen LogP contribution in [0, 0.1) is 0 Å². The van der Waals surface area contributed by atoms with Crippen LogP contribution in [0.1, 0.15) is 11.1 Å². The molecule has 0 fully saturated rings. The molecule has 0 saturated heterocycles. The zero-order chi connectivity index (χ0) is 17.3. The van der Waals surface area contributed by atoms with Gasteiger partial charge in [0.1, 0.15) is 18.1 Å². The van der Waals surface area contributed by atoms with E-state index in [1.165, 1.54) is 11.1 Å². The molecule has 2 heterocycles. The van der Waals surface area contributed by atoms with Gasteiger partial charge in [0.05, 0.1) is 19.3 Å². The first-order valence-electron chi connectivity index (χ1n) is 8.57. The van der Waals surface area contributed by atoms with Crippen molar-refractivity contribution in [2.45, 2.75) is 12.8 Å². The normalized spacial score (nSPS) is 13.1. The Hall–Kier alpha value is -2.76. The lowest BCUT2D eigenvalue weighted by atomic mass is 10.1. The fourth-order valence-electron chi connectivity index (χ4n) is 2.71. The van der Waals surface area contributed by atoms with E-state index in [1.807, 2.05) is 12.1 Å². The smallest absolute Gasteiger partial charge is 0.191 e. The number of pyridine rings is 1. The molecule has 2 N–H and O–H groups in total. The molecule has 132 valence electrons. The Balaban J connectivity index is 1.35. The zero-order valence-electron chi connectivity index (χ0n) is 14.5. The first kappa shape index (κ1) is 17.1. The summed E-state index contributed by atoms with van der Waals surface area (Å²) in [7, 11) is 1.77. The summed E-state index contributed by atoms with van der Waals surface area (Å²) in [5.74, 6) is 2.58. The zero-order valence-corrected chi connectivity index (χ0v) is 14.5. The van der Waals surface area contributed by atoms with Crippen LogP contribution in [0.25, 0.3) is 0 Å². The van der Waals surface area contributed by atoms with Crippen LogP contribution in [0.15, 0.2) is 47.7 Å². The number of hydrogen-bond donors (Lipinski definition) is 2. The molecule has 6 nitrogen and oxygen atoms in total. The van der Waals surface area contributed by atoms with Crippen molar-refractivity contribution >= 4 is 5.96 Å². The quantitative estimate of drug-likeness (QED) is 0.457. The highest BCUT2D eigenvalue weighted by atomic mass is 16.5. The van der Waals surface area contributed by atoms with Gasteiger partial charge in [-0.1, -0.05) is 12.1 Å². The minimum absolute atomic E-state index is 0.553. The number of hydrogen-bond acceptors (Lipinski definition) is 4. The molecule has 6 heteroatoms. The average Bonchev–Trinajstić information content (AvgIpc) is 3.12. The summed E-state index contributed by atoms with van der Waals surface area (Å²) in [4.78, 5) is 8.24. The van der Waals surface area contributed by atoms with Crippen molar-refractivity contribution in [1.82, 2.24) is 15.6 Å². The highest BCUT2D eigenvalue weighted by Crippen LogP contribution is 2.25. The van der Waals surface area contributed by atoms with Crippen LogP contribution in [0.3, 0.4) is 0 Å². The van der Waals surface area contributed by atoms with Crippen LogP contribution in [0.2, 0.25) is 0 Å². The fraction of sp³-hybridized carbons (Fsp3) is 0.368. The summed E-state index contributed by atoms with van der Waals surface area (Å²) in [6.07, 6.45) is 5.39. The summed E-state index contributed by atoms with van der Waals surface area (Å²) in [6.45, 7) is 2.85. The minimum Gasteiger partial charge on any atom is -0.493 e. The van der Waals surface area contributed by atoms with E-state index in [1.54, 1.807) is 19.4 Å². The van der Waals surface area contributed by atoms with E-state index < -0.39 is 0 Å². The molecule has 2 aromatic rings. The van der Waals surface area contributed by atoms with Crippen molar-refractivity contribution in [3.63, 3.8) is 0 Å². The van der Waals surface area contributed by atoms with Crippen LogP contribution >= 0.6 is 0 Å². The minimum atomic E-state index is 0.553. The first-order chi connectivity index (χ1) is 12.3. The van der Waals surface area contributed by atoms with Gasteiger partial charge in [-0.2, -0.15) is 0 Å². The van der Waals surface area contributed by atoms with E-state index in [4.69, 9.17) is 9.47 Å². The van der Waals surface area contributed by atoms with Gasteiger partial charge in [0.25, 0.3) is 0 Å². The maximum absolute atomic E-state index is 5.60. The second kappa shape index (κ2) is 8.92. The monoisotopic (exact) mass is 340 g/mol. The molecule has 0 bridgehead atoms. The number of benzene rings is 1. The van der Waals surface area contributed by atoms with E-state index in [9.17, 15) is 0 Å². The Kier molecular flexibility index (Phi) is 6.09. The van der Waals surface area contributed by atoms with E-state index in [-0.39, 0.29) is 0 Å². The summed E-state index contributed by atoms with van der Waals surface area (Å²) in [5.41, 5.74) is 2.62. The Bertz CT molecular complexity index is 704. The Morgan fingerprint density at radius 3 is 3.04 bits per heavy atom. The van der Waals surface area contributed by atoms with Crippen LogP contribution in [-0.2, 0) is 12.8 Å². The summed E-state index contributed by atoms with van der Waals surface area (Å²) in [6, 6.07) is 10.2. The van der Waals surface area contributed by atoms with Crippen molar-refractivity contribution in [2.24, 2.45) is 4.99 Å². The molecule has 0 spiro atoms. The number of guanidine groups is 1. The highest BCUT2D eigenvalue weighted by molar-refractivity contribution is 5.79. The van der Waals surface area contributed by atoms with Crippen molar-refractivity contribution in [3.05, 3.63) is 53.9 Å². The van der Waals surface area contributed by atoms with Gasteiger partial charge in [-0.05, 0) is 35.7 Å². The van der Waals surface area contributed by atoms with Gasteiger partial charge in [-0.3, -0.25) is 9.98 Å². The lowest BCUT2D eigenvalue weighted by molar-refractivity contribution is 0.320. The second-order valence-electron chi connectivity index (χ2n) is 5.75. The van der Waals surface area contributed by atoms with Crippen molar-refractivity contribution in [3.8, 4) is 11.5 Å². The average molecular weight is 340 g/mol. The number of ether oxygens (including phenoxy) is 2. The van der Waals surface area contributed by atoms with Gasteiger partial charge in [0.2, 0.25) is 0 Å². The first-order valence-corrected chi connectivity index (χ1v) is 8.57. The van der Waals surface area contributed by atoms with Gasteiger partial charge in [0, 0.05) is 26.2 Å². The summed E-state index contributed by atoms with van der Waals surface area (Å²) < 4.78 is 11.1. The van der Waals surface area contributed by atoms with Crippen molar-refractivity contribution < 1.29 is 9.47 Å². The summed E-state index contributed by atoms with van der Waals surface area (Å²) >= 11 is 0. The molecular weight excluding hydrogens is 316 g/mol. The van der Waals surface area contributed by atoms with Gasteiger partial charge in [-0.25, -0.2) is 0 Å². The SMILES string of the molecule is CN=C(NCCOc1cccnc1)NCCc1ccc2c(c1)CCO2. The van der Waals surface area contributed by atoms with E-state index >= 15 is 0 Å². The lowest BCUT2D eigenvalue weighted by Crippen LogP contribution is -2.40. The number of nitrogens with zero attached hydrogens (tertiary/aromatic N) is 2. The highest BCUT2D eigenvalue weighted by Gasteiger charge is 2.11. The fourth-order valence-corrected chi connectivity index (χ4v) is 2.71. The van der Waals surface area contributed by atoms with Crippen molar-refractivity contribution in [2.75, 3.05) is 33.4 Å². The third kappa shape index (κ3) is 5.11. The summed E-state index contributed by atoms with van der Waals surface area (Å²) in [5, 5.41) is 6.57. The van der Waals surface area contributed by atoms with Gasteiger partial charge in [0.15, 0.2) is 5.96 Å². The molecule has 1 aliphatic rings. The molecule has 25 heavy (non-hydrogen) atoms. The number of rotatable bonds is 7. The molecule has 0 aliphatic carbocycles. The molecule has 0 unspecified atom stereocenters. The van der Waals surface area contributed by atoms with Crippen molar-refractivity contribution in [1.29, 1.82) is 0 Å². The molecule has 0 atom stereocenters. The van der Waals surface area contributed by atoms with E-state index in [0.717, 1.165) is 43.5 Å². The second-order valence-corrected chi connectivity index (χ2v) is 5.75. The van der Waals surface area contributed by atoms with Crippen LogP contribution in [0.4, 0.5) is 0 Å². The van der Waals surface area contributed by atoms with Crippen LogP contribution in [0.5, 0.6) is 11.5 Å². The largest absolute Gasteiger partial charge is 0.493 e. The maximum atomic E-state index is 5.60. The molecule has 0 amide bonds. The number of aliphatic imine (C=N–C) groups is 1. The predicted octanol–water partition coefficient (Wildman–Crippen LogP) is 1.80. The number of fused-ring (bicyclic) bond motifs is 1.